The molecule has 6 heteroatoms. The molecule has 2 aromatic heterocycles. The highest BCUT2D eigenvalue weighted by Gasteiger charge is 2.21. The van der Waals surface area contributed by atoms with Crippen molar-refractivity contribution < 1.29 is 4.79 Å². The summed E-state index contributed by atoms with van der Waals surface area (Å²) >= 11 is 1.35. The number of rotatable bonds is 5. The van der Waals surface area contributed by atoms with Gasteiger partial charge in [0.2, 0.25) is 5.91 Å². The van der Waals surface area contributed by atoms with Gasteiger partial charge in [-0.05, 0) is 69.0 Å². The number of hydrogen-bond acceptors (Lipinski definition) is 4. The Bertz CT molecular complexity index is 1400. The first-order valence-corrected chi connectivity index (χ1v) is 11.9. The zero-order valence-corrected chi connectivity index (χ0v) is 19.0. The predicted molar refractivity (Wildman–Crippen MR) is 130 cm³/mol. The third kappa shape index (κ3) is 3.53. The number of benzene rings is 2. The minimum atomic E-state index is -0.373. The number of fused-ring (bicyclic) bond motifs is 4. The summed E-state index contributed by atoms with van der Waals surface area (Å²) in [5.41, 5.74) is 5.93. The number of carbonyl (C=O) groups is 1. The standard InChI is InChI=1S/C26H24N4OS/c1-3-30-23-10-5-4-8-20(23)21-14-19(11-12-24(21)30)28-25(31)16(2)32-26-18(15-27)13-17-7-6-9-22(17)29-26/h4-5,8,10-14,16H,3,6-7,9H2,1-2H3,(H,28,31). The number of aromatic nitrogens is 2. The number of nitrogens with zero attached hydrogens (tertiary/aromatic N) is 3. The molecule has 0 spiro atoms. The number of para-hydroxylation sites is 1. The molecular weight excluding hydrogens is 416 g/mol. The quantitative estimate of drug-likeness (QED) is 0.405. The van der Waals surface area contributed by atoms with Crippen molar-refractivity contribution in [1.29, 1.82) is 5.26 Å². The molecule has 1 aliphatic rings. The van der Waals surface area contributed by atoms with Gasteiger partial charge in [-0.15, -0.1) is 0 Å². The Balaban J connectivity index is 1.39. The molecule has 0 saturated carbocycles. The lowest BCUT2D eigenvalue weighted by molar-refractivity contribution is -0.115. The van der Waals surface area contributed by atoms with E-state index >= 15 is 0 Å². The summed E-state index contributed by atoms with van der Waals surface area (Å²) in [6.45, 7) is 4.89. The van der Waals surface area contributed by atoms with Crippen LogP contribution in [0.25, 0.3) is 21.8 Å². The zero-order valence-electron chi connectivity index (χ0n) is 18.2. The average Bonchev–Trinajstić information content (AvgIpc) is 3.39. The van der Waals surface area contributed by atoms with Gasteiger partial charge in [-0.3, -0.25) is 4.79 Å². The van der Waals surface area contributed by atoms with Gasteiger partial charge in [0.25, 0.3) is 0 Å². The predicted octanol–water partition coefficient (Wildman–Crippen LogP) is 5.69. The van der Waals surface area contributed by atoms with E-state index in [2.05, 4.69) is 47.1 Å². The summed E-state index contributed by atoms with van der Waals surface area (Å²) in [7, 11) is 0. The smallest absolute Gasteiger partial charge is 0.237 e. The first kappa shape index (κ1) is 20.6. The molecule has 1 atom stereocenters. The van der Waals surface area contributed by atoms with Crippen LogP contribution in [0, 0.1) is 11.3 Å². The zero-order chi connectivity index (χ0) is 22.2. The Morgan fingerprint density at radius 2 is 2.00 bits per heavy atom. The number of carbonyl (C=O) groups excluding carboxylic acids is 1. The molecule has 32 heavy (non-hydrogen) atoms. The lowest BCUT2D eigenvalue weighted by Crippen LogP contribution is -2.22. The molecular formula is C26H24N4OS. The molecule has 0 fully saturated rings. The molecule has 0 aliphatic heterocycles. The Kier molecular flexibility index (Phi) is 5.36. The van der Waals surface area contributed by atoms with Crippen LogP contribution < -0.4 is 5.32 Å². The van der Waals surface area contributed by atoms with E-state index in [0.29, 0.717) is 10.6 Å². The Morgan fingerprint density at radius 3 is 2.81 bits per heavy atom. The lowest BCUT2D eigenvalue weighted by atomic mass is 10.1. The lowest BCUT2D eigenvalue weighted by Gasteiger charge is -2.13. The van der Waals surface area contributed by atoms with Crippen LogP contribution in [0.5, 0.6) is 0 Å². The van der Waals surface area contributed by atoms with E-state index in [1.54, 1.807) is 0 Å². The topological polar surface area (TPSA) is 70.7 Å². The number of nitrogens with one attached hydrogen (secondary N) is 1. The summed E-state index contributed by atoms with van der Waals surface area (Å²) in [5.74, 6) is -0.0974. The van der Waals surface area contributed by atoms with Crippen molar-refractivity contribution >= 4 is 45.2 Å². The molecule has 2 heterocycles. The van der Waals surface area contributed by atoms with E-state index in [4.69, 9.17) is 4.98 Å². The van der Waals surface area contributed by atoms with E-state index in [9.17, 15) is 10.1 Å². The molecule has 1 N–H and O–H groups in total. The molecule has 5 nitrogen and oxygen atoms in total. The Morgan fingerprint density at radius 1 is 1.19 bits per heavy atom. The van der Waals surface area contributed by atoms with Gasteiger partial charge >= 0.3 is 0 Å². The first-order valence-electron chi connectivity index (χ1n) is 11.0. The molecule has 4 aromatic rings. The average molecular weight is 441 g/mol. The largest absolute Gasteiger partial charge is 0.341 e. The number of pyridine rings is 1. The SMILES string of the molecule is CCn1c2ccccc2c2cc(NC(=O)C(C)Sc3nc4c(cc3C#N)CCC4)ccc21. The highest BCUT2D eigenvalue weighted by atomic mass is 32.2. The van der Waals surface area contributed by atoms with Gasteiger partial charge in [0.05, 0.1) is 10.8 Å². The van der Waals surface area contributed by atoms with Gasteiger partial charge in [0.15, 0.2) is 0 Å². The van der Waals surface area contributed by atoms with Crippen LogP contribution >= 0.6 is 11.8 Å². The van der Waals surface area contributed by atoms with Gasteiger partial charge in [-0.1, -0.05) is 30.0 Å². The van der Waals surface area contributed by atoms with Crippen LogP contribution in [-0.4, -0.2) is 20.7 Å². The third-order valence-electron chi connectivity index (χ3n) is 6.15. The van der Waals surface area contributed by atoms with E-state index in [1.807, 2.05) is 31.2 Å². The summed E-state index contributed by atoms with van der Waals surface area (Å²) in [5, 5.41) is 15.2. The summed E-state index contributed by atoms with van der Waals surface area (Å²) in [4.78, 5) is 17.7. The van der Waals surface area contributed by atoms with Gasteiger partial charge in [0.1, 0.15) is 11.1 Å². The number of amides is 1. The number of hydrogen-bond donors (Lipinski definition) is 1. The van der Waals surface area contributed by atoms with Crippen molar-refractivity contribution in [2.75, 3.05) is 5.32 Å². The van der Waals surface area contributed by atoms with E-state index < -0.39 is 0 Å². The van der Waals surface area contributed by atoms with Crippen LogP contribution in [0.3, 0.4) is 0 Å². The molecule has 1 aliphatic carbocycles. The van der Waals surface area contributed by atoms with Crippen molar-refractivity contribution in [1.82, 2.24) is 9.55 Å². The second kappa shape index (κ2) is 8.33. The van der Waals surface area contributed by atoms with Crippen LogP contribution in [0.2, 0.25) is 0 Å². The monoisotopic (exact) mass is 440 g/mol. The first-order chi connectivity index (χ1) is 15.6. The number of aryl methyl sites for hydroxylation is 3. The van der Waals surface area contributed by atoms with Crippen molar-refractivity contribution in [2.45, 2.75) is 49.9 Å². The number of thioether (sulfide) groups is 1. The molecule has 5 rings (SSSR count). The van der Waals surface area contributed by atoms with Crippen LogP contribution in [-0.2, 0) is 24.2 Å². The molecule has 1 unspecified atom stereocenters. The molecule has 0 saturated heterocycles. The molecule has 160 valence electrons. The fourth-order valence-electron chi connectivity index (χ4n) is 4.56. The second-order valence-electron chi connectivity index (χ2n) is 8.15. The fourth-order valence-corrected chi connectivity index (χ4v) is 5.46. The van der Waals surface area contributed by atoms with Crippen molar-refractivity contribution in [3.05, 3.63) is 65.4 Å². The van der Waals surface area contributed by atoms with Crippen molar-refractivity contribution in [3.8, 4) is 6.07 Å². The summed E-state index contributed by atoms with van der Waals surface area (Å²) in [6.07, 6.45) is 3.00. The van der Waals surface area contributed by atoms with Crippen LogP contribution in [0.1, 0.15) is 37.1 Å². The van der Waals surface area contributed by atoms with E-state index in [-0.39, 0.29) is 11.2 Å². The normalized spacial score (nSPS) is 13.8. The fraction of sp³-hybridized carbons (Fsp3) is 0.269. The van der Waals surface area contributed by atoms with Gasteiger partial charge in [0, 0.05) is 39.7 Å². The van der Waals surface area contributed by atoms with Crippen LogP contribution in [0.15, 0.2) is 53.6 Å². The van der Waals surface area contributed by atoms with Gasteiger partial charge < -0.3 is 9.88 Å². The summed E-state index contributed by atoms with van der Waals surface area (Å²) in [6, 6.07) is 18.6. The van der Waals surface area contributed by atoms with Gasteiger partial charge in [-0.2, -0.15) is 5.26 Å². The Hall–Kier alpha value is -3.30. The summed E-state index contributed by atoms with van der Waals surface area (Å²) < 4.78 is 2.29. The van der Waals surface area contributed by atoms with Crippen LogP contribution in [0.4, 0.5) is 5.69 Å². The van der Waals surface area contributed by atoms with E-state index in [1.165, 1.54) is 28.2 Å². The Labute approximate surface area is 191 Å². The molecule has 0 radical (unpaired) electrons. The van der Waals surface area contributed by atoms with Crippen molar-refractivity contribution in [2.24, 2.45) is 0 Å². The minimum Gasteiger partial charge on any atom is -0.341 e. The maximum absolute atomic E-state index is 13.0. The number of nitriles is 1. The van der Waals surface area contributed by atoms with Gasteiger partial charge in [-0.25, -0.2) is 4.98 Å². The van der Waals surface area contributed by atoms with Crippen molar-refractivity contribution in [3.63, 3.8) is 0 Å². The third-order valence-corrected chi connectivity index (χ3v) is 7.25. The highest BCUT2D eigenvalue weighted by Crippen LogP contribution is 2.33. The maximum atomic E-state index is 13.0. The highest BCUT2D eigenvalue weighted by molar-refractivity contribution is 8.00. The number of anilines is 1. The second-order valence-corrected chi connectivity index (χ2v) is 9.48. The minimum absolute atomic E-state index is 0.0974. The maximum Gasteiger partial charge on any atom is 0.237 e. The van der Waals surface area contributed by atoms with E-state index in [0.717, 1.165) is 48.1 Å². The molecule has 2 aromatic carbocycles. The molecule has 1 amide bonds. The molecule has 0 bridgehead atoms.